The van der Waals surface area contributed by atoms with Crippen molar-refractivity contribution >= 4 is 28.5 Å². The number of rotatable bonds is 10. The van der Waals surface area contributed by atoms with Crippen LogP contribution < -0.4 is 11.1 Å². The predicted octanol–water partition coefficient (Wildman–Crippen LogP) is 3.68. The van der Waals surface area contributed by atoms with Gasteiger partial charge in [-0.2, -0.15) is 0 Å². The number of halogens is 1. The number of hydrogen-bond acceptors (Lipinski definition) is 4. The normalized spacial score (nSPS) is 19.0. The molecule has 1 aliphatic carbocycles. The Kier molecular flexibility index (Phi) is 8.68. The van der Waals surface area contributed by atoms with Crippen molar-refractivity contribution in [3.8, 4) is 0 Å². The van der Waals surface area contributed by atoms with Gasteiger partial charge in [-0.3, -0.25) is 14.4 Å². The molecule has 41 heavy (non-hydrogen) atoms. The summed E-state index contributed by atoms with van der Waals surface area (Å²) in [7, 11) is 0. The van der Waals surface area contributed by atoms with Gasteiger partial charge in [0.1, 0.15) is 17.9 Å². The van der Waals surface area contributed by atoms with Crippen LogP contribution in [0.25, 0.3) is 10.8 Å². The molecule has 3 N–H and O–H groups in total. The van der Waals surface area contributed by atoms with Gasteiger partial charge < -0.3 is 20.9 Å². The highest BCUT2D eigenvalue weighted by Gasteiger charge is 2.44. The molecule has 0 radical (unpaired) electrons. The van der Waals surface area contributed by atoms with E-state index in [-0.39, 0.29) is 49.0 Å². The highest BCUT2D eigenvalue weighted by molar-refractivity contribution is 5.94. The van der Waals surface area contributed by atoms with E-state index in [0.29, 0.717) is 18.9 Å². The lowest BCUT2D eigenvalue weighted by Crippen LogP contribution is -2.66. The zero-order chi connectivity index (χ0) is 29.1. The third-order valence-corrected chi connectivity index (χ3v) is 8.24. The Bertz CT molecular complexity index is 1410. The van der Waals surface area contributed by atoms with Gasteiger partial charge in [-0.15, -0.1) is 0 Å². The quantitative estimate of drug-likeness (QED) is 0.397. The molecule has 216 valence electrons. The van der Waals surface area contributed by atoms with E-state index in [1.165, 1.54) is 12.1 Å². The van der Waals surface area contributed by atoms with E-state index in [1.807, 2.05) is 50.2 Å². The van der Waals surface area contributed by atoms with Crippen molar-refractivity contribution in [2.24, 2.45) is 17.6 Å². The van der Waals surface area contributed by atoms with Crippen LogP contribution in [0, 0.1) is 17.7 Å². The van der Waals surface area contributed by atoms with Crippen LogP contribution in [0.1, 0.15) is 37.8 Å². The van der Waals surface area contributed by atoms with Crippen LogP contribution in [0.15, 0.2) is 66.7 Å². The standard InChI is InChI=1S/C33H39FN4O3/c1-21(2)30-33(41)37(15-16-38(30)32(40)28(35)18-22-10-13-27(34)14-11-22)29(31(39)36-20-23-7-8-23)19-24-9-12-25-5-3-4-6-26(25)17-24/h3-6,9-14,17,21,23,28-30H,7-8,15-16,18-20,35H2,1-2H3,(H,36,39)/t28-,29+,30+/m1/s1. The summed E-state index contributed by atoms with van der Waals surface area (Å²) in [5.41, 5.74) is 8.04. The molecule has 1 aliphatic heterocycles. The van der Waals surface area contributed by atoms with E-state index in [0.717, 1.165) is 34.7 Å². The van der Waals surface area contributed by atoms with Crippen molar-refractivity contribution in [3.63, 3.8) is 0 Å². The van der Waals surface area contributed by atoms with Crippen LogP contribution in [-0.4, -0.2) is 65.3 Å². The van der Waals surface area contributed by atoms with Crippen molar-refractivity contribution < 1.29 is 18.8 Å². The van der Waals surface area contributed by atoms with Gasteiger partial charge in [0.25, 0.3) is 0 Å². The molecule has 1 saturated carbocycles. The first-order valence-electron chi connectivity index (χ1n) is 14.6. The molecule has 1 heterocycles. The summed E-state index contributed by atoms with van der Waals surface area (Å²) in [5.74, 6) is -0.728. The highest BCUT2D eigenvalue weighted by Crippen LogP contribution is 2.28. The number of carbonyl (C=O) groups is 3. The van der Waals surface area contributed by atoms with Crippen molar-refractivity contribution in [1.82, 2.24) is 15.1 Å². The Hall–Kier alpha value is -3.78. The molecule has 0 bridgehead atoms. The van der Waals surface area contributed by atoms with Crippen molar-refractivity contribution in [2.75, 3.05) is 19.6 Å². The van der Waals surface area contributed by atoms with Crippen LogP contribution in [0.3, 0.4) is 0 Å². The summed E-state index contributed by atoms with van der Waals surface area (Å²) >= 11 is 0. The second-order valence-electron chi connectivity index (χ2n) is 11.8. The van der Waals surface area contributed by atoms with Gasteiger partial charge >= 0.3 is 0 Å². The Labute approximate surface area is 240 Å². The lowest BCUT2D eigenvalue weighted by Gasteiger charge is -2.45. The Morgan fingerprint density at radius 1 is 0.951 bits per heavy atom. The largest absolute Gasteiger partial charge is 0.354 e. The summed E-state index contributed by atoms with van der Waals surface area (Å²) in [4.78, 5) is 44.4. The number of piperazine rings is 1. The average molecular weight is 559 g/mol. The third kappa shape index (κ3) is 6.76. The zero-order valence-electron chi connectivity index (χ0n) is 23.8. The van der Waals surface area contributed by atoms with Crippen LogP contribution >= 0.6 is 0 Å². The molecular weight excluding hydrogens is 519 g/mol. The van der Waals surface area contributed by atoms with Crippen LogP contribution in [0.5, 0.6) is 0 Å². The van der Waals surface area contributed by atoms with E-state index in [9.17, 15) is 18.8 Å². The third-order valence-electron chi connectivity index (χ3n) is 8.24. The number of nitrogens with zero attached hydrogens (tertiary/aromatic N) is 2. The maximum Gasteiger partial charge on any atom is 0.246 e. The van der Waals surface area contributed by atoms with Crippen molar-refractivity contribution in [2.45, 2.75) is 57.7 Å². The minimum atomic E-state index is -0.865. The highest BCUT2D eigenvalue weighted by atomic mass is 19.1. The van der Waals surface area contributed by atoms with E-state index in [2.05, 4.69) is 11.4 Å². The molecule has 3 aromatic rings. The molecule has 0 spiro atoms. The molecule has 0 aromatic heterocycles. The van der Waals surface area contributed by atoms with Crippen LogP contribution in [0.2, 0.25) is 0 Å². The summed E-state index contributed by atoms with van der Waals surface area (Å²) in [6.07, 6.45) is 2.86. The first kappa shape index (κ1) is 28.7. The lowest BCUT2D eigenvalue weighted by atomic mass is 9.93. The van der Waals surface area contributed by atoms with Crippen LogP contribution in [-0.2, 0) is 27.2 Å². The van der Waals surface area contributed by atoms with E-state index < -0.39 is 18.1 Å². The number of carbonyl (C=O) groups excluding carboxylic acids is 3. The minimum Gasteiger partial charge on any atom is -0.354 e. The molecule has 3 amide bonds. The first-order chi connectivity index (χ1) is 19.7. The maximum atomic E-state index is 14.1. The molecule has 7 nitrogen and oxygen atoms in total. The Morgan fingerprint density at radius 3 is 2.32 bits per heavy atom. The van der Waals surface area contributed by atoms with Gasteiger partial charge in [-0.25, -0.2) is 4.39 Å². The molecule has 3 aromatic carbocycles. The number of nitrogens with one attached hydrogen (secondary N) is 1. The maximum absolute atomic E-state index is 14.1. The number of amides is 3. The SMILES string of the molecule is CC(C)[C@H]1C(=O)N([C@@H](Cc2ccc3ccccc3c2)C(=O)NCC2CC2)CCN1C(=O)[C@H](N)Cc1ccc(F)cc1. The molecular formula is C33H39FN4O3. The lowest BCUT2D eigenvalue weighted by molar-refractivity contribution is -0.158. The van der Waals surface area contributed by atoms with Gasteiger partial charge in [0.15, 0.2) is 0 Å². The smallest absolute Gasteiger partial charge is 0.246 e. The molecule has 8 heteroatoms. The fourth-order valence-corrected chi connectivity index (χ4v) is 5.76. The summed E-state index contributed by atoms with van der Waals surface area (Å²) in [6, 6.07) is 17.8. The fourth-order valence-electron chi connectivity index (χ4n) is 5.76. The van der Waals surface area contributed by atoms with Crippen molar-refractivity contribution in [3.05, 3.63) is 83.7 Å². The average Bonchev–Trinajstić information content (AvgIpc) is 3.80. The number of fused-ring (bicyclic) bond motifs is 1. The zero-order valence-corrected chi connectivity index (χ0v) is 23.8. The topological polar surface area (TPSA) is 95.7 Å². The van der Waals surface area contributed by atoms with Gasteiger partial charge in [0, 0.05) is 26.1 Å². The number of benzene rings is 3. The Balaban J connectivity index is 1.36. The summed E-state index contributed by atoms with van der Waals surface area (Å²) in [5, 5.41) is 5.29. The first-order valence-corrected chi connectivity index (χ1v) is 14.6. The predicted molar refractivity (Wildman–Crippen MR) is 157 cm³/mol. The van der Waals surface area contributed by atoms with E-state index >= 15 is 0 Å². The van der Waals surface area contributed by atoms with Gasteiger partial charge in [-0.1, -0.05) is 68.4 Å². The second-order valence-corrected chi connectivity index (χ2v) is 11.8. The second kappa shape index (κ2) is 12.4. The monoisotopic (exact) mass is 558 g/mol. The molecule has 3 atom stereocenters. The van der Waals surface area contributed by atoms with Gasteiger partial charge in [-0.05, 0) is 65.1 Å². The van der Waals surface area contributed by atoms with Gasteiger partial charge in [0.05, 0.1) is 6.04 Å². The molecule has 2 aliphatic rings. The van der Waals surface area contributed by atoms with Gasteiger partial charge in [0.2, 0.25) is 17.7 Å². The fraction of sp³-hybridized carbons (Fsp3) is 0.424. The van der Waals surface area contributed by atoms with Crippen LogP contribution in [0.4, 0.5) is 4.39 Å². The molecule has 2 fully saturated rings. The minimum absolute atomic E-state index is 0.159. The molecule has 5 rings (SSSR count). The van der Waals surface area contributed by atoms with E-state index in [4.69, 9.17) is 5.73 Å². The Morgan fingerprint density at radius 2 is 1.63 bits per heavy atom. The summed E-state index contributed by atoms with van der Waals surface area (Å²) < 4.78 is 13.3. The number of nitrogens with two attached hydrogens (primary N) is 1. The molecule has 1 saturated heterocycles. The van der Waals surface area contributed by atoms with E-state index in [1.54, 1.807) is 21.9 Å². The van der Waals surface area contributed by atoms with Crippen molar-refractivity contribution in [1.29, 1.82) is 0 Å². The number of hydrogen-bond donors (Lipinski definition) is 2. The summed E-state index contributed by atoms with van der Waals surface area (Å²) in [6.45, 7) is 4.96. The molecule has 0 unspecified atom stereocenters.